The third kappa shape index (κ3) is 2.34. The van der Waals surface area contributed by atoms with Crippen molar-refractivity contribution in [2.24, 2.45) is 0 Å². The first kappa shape index (κ1) is 9.71. The largest absolute Gasteiger partial charge is 0.436 e. The number of rotatable bonds is 2. The molecule has 0 amide bonds. The van der Waals surface area contributed by atoms with Gasteiger partial charge in [-0.15, -0.1) is 0 Å². The smallest absolute Gasteiger partial charge is 0.255 e. The maximum Gasteiger partial charge on any atom is 0.255 e. The summed E-state index contributed by atoms with van der Waals surface area (Å²) in [4.78, 5) is 3.88. The van der Waals surface area contributed by atoms with Gasteiger partial charge in [-0.3, -0.25) is 0 Å². The highest BCUT2D eigenvalue weighted by Crippen LogP contribution is 2.20. The molecule has 0 aliphatic heterocycles. The van der Waals surface area contributed by atoms with Gasteiger partial charge in [0.05, 0.1) is 0 Å². The third-order valence-corrected chi connectivity index (χ3v) is 1.90. The van der Waals surface area contributed by atoms with Crippen LogP contribution in [0.5, 0.6) is 11.6 Å². The van der Waals surface area contributed by atoms with Gasteiger partial charge in [-0.2, -0.15) is 0 Å². The normalized spacial score (nSPS) is 9.93. The van der Waals surface area contributed by atoms with Gasteiger partial charge in [-0.25, -0.2) is 9.37 Å². The number of hydrogen-bond acceptors (Lipinski definition) is 2. The summed E-state index contributed by atoms with van der Waals surface area (Å²) in [5, 5.41) is 0. The third-order valence-electron chi connectivity index (χ3n) is 1.90. The first-order chi connectivity index (χ1) is 7.25. The van der Waals surface area contributed by atoms with Gasteiger partial charge in [0.1, 0.15) is 13.6 Å². The maximum absolute atomic E-state index is 13.3. The minimum atomic E-state index is -0.446. The number of hydrogen-bond donors (Lipinski definition) is 0. The van der Waals surface area contributed by atoms with E-state index in [0.29, 0.717) is 5.75 Å². The summed E-state index contributed by atoms with van der Waals surface area (Å²) < 4.78 is 18.6. The first-order valence-corrected chi connectivity index (χ1v) is 4.61. The molecule has 0 N–H and O–H groups in total. The first-order valence-electron chi connectivity index (χ1n) is 4.61. The fourth-order valence-corrected chi connectivity index (χ4v) is 1.20. The van der Waals surface area contributed by atoms with Gasteiger partial charge in [0.2, 0.25) is 0 Å². The Kier molecular flexibility index (Phi) is 2.67. The molecular weight excluding hydrogens is 192 g/mol. The Balaban J connectivity index is 2.25. The Hall–Kier alpha value is -1.84. The number of para-hydroxylation sites is 1. The molecule has 0 aliphatic carbocycles. The molecule has 0 saturated carbocycles. The van der Waals surface area contributed by atoms with E-state index in [9.17, 15) is 4.39 Å². The maximum atomic E-state index is 13.3. The average Bonchev–Trinajstić information content (AvgIpc) is 2.24. The molecule has 0 atom stereocenters. The van der Waals surface area contributed by atoms with Crippen LogP contribution in [0.15, 0.2) is 42.6 Å². The number of ether oxygens (including phenoxy) is 1. The van der Waals surface area contributed by atoms with E-state index in [1.807, 2.05) is 18.2 Å². The Bertz CT molecular complexity index is 461. The van der Waals surface area contributed by atoms with Crippen molar-refractivity contribution >= 4 is 13.3 Å². The molecule has 1 aromatic carbocycles. The van der Waals surface area contributed by atoms with Gasteiger partial charge < -0.3 is 4.74 Å². The fraction of sp³-hybridized carbons (Fsp3) is 0. The van der Waals surface area contributed by atoms with Gasteiger partial charge in [0.15, 0.2) is 5.82 Å². The summed E-state index contributed by atoms with van der Waals surface area (Å²) in [6, 6.07) is 10.4. The van der Waals surface area contributed by atoms with Crippen LogP contribution in [0.25, 0.3) is 0 Å². The van der Waals surface area contributed by atoms with Crippen molar-refractivity contribution < 1.29 is 9.13 Å². The van der Waals surface area contributed by atoms with E-state index in [-0.39, 0.29) is 5.88 Å². The molecule has 0 fully saturated rings. The van der Waals surface area contributed by atoms with E-state index >= 15 is 0 Å². The molecular formula is C11H9BFNO. The predicted molar refractivity (Wildman–Crippen MR) is 58.9 cm³/mol. The number of pyridine rings is 1. The monoisotopic (exact) mass is 201 g/mol. The van der Waals surface area contributed by atoms with Crippen molar-refractivity contribution in [3.05, 3.63) is 48.4 Å². The minimum Gasteiger partial charge on any atom is -0.436 e. The molecule has 0 radical (unpaired) electrons. The van der Waals surface area contributed by atoms with Crippen LogP contribution in [-0.2, 0) is 0 Å². The Morgan fingerprint density at radius 3 is 2.60 bits per heavy atom. The van der Waals surface area contributed by atoms with E-state index in [2.05, 4.69) is 4.98 Å². The standard InChI is InChI=1S/C11H9BFNO/c12-8-6-10(13)11(14-7-8)15-9-4-2-1-3-5-9/h1-7H,12H2. The summed E-state index contributed by atoms with van der Waals surface area (Å²) in [7, 11) is 1.78. The molecule has 1 aromatic heterocycles. The summed E-state index contributed by atoms with van der Waals surface area (Å²) in [6.07, 6.45) is 1.57. The van der Waals surface area contributed by atoms with Crippen molar-refractivity contribution in [2.75, 3.05) is 0 Å². The number of benzene rings is 1. The van der Waals surface area contributed by atoms with Crippen molar-refractivity contribution in [3.8, 4) is 11.6 Å². The topological polar surface area (TPSA) is 22.1 Å². The van der Waals surface area contributed by atoms with Crippen LogP contribution in [0.4, 0.5) is 4.39 Å². The quantitative estimate of drug-likeness (QED) is 0.682. The molecule has 1 heterocycles. The predicted octanol–water partition coefficient (Wildman–Crippen LogP) is 1.27. The van der Waals surface area contributed by atoms with Crippen LogP contribution in [0, 0.1) is 5.82 Å². The average molecular weight is 201 g/mol. The molecule has 2 aromatic rings. The summed E-state index contributed by atoms with van der Waals surface area (Å²) in [5.41, 5.74) is 0.771. The van der Waals surface area contributed by atoms with Crippen LogP contribution in [0.3, 0.4) is 0 Å². The number of halogens is 1. The van der Waals surface area contributed by atoms with Crippen LogP contribution in [-0.4, -0.2) is 12.8 Å². The lowest BCUT2D eigenvalue weighted by atomic mass is 9.99. The van der Waals surface area contributed by atoms with Crippen LogP contribution < -0.4 is 10.2 Å². The van der Waals surface area contributed by atoms with E-state index in [1.54, 1.807) is 26.2 Å². The van der Waals surface area contributed by atoms with Crippen molar-refractivity contribution in [2.45, 2.75) is 0 Å². The molecule has 0 bridgehead atoms. The van der Waals surface area contributed by atoms with Gasteiger partial charge in [0.25, 0.3) is 5.88 Å². The van der Waals surface area contributed by atoms with Crippen LogP contribution in [0.1, 0.15) is 0 Å². The Morgan fingerprint density at radius 1 is 1.20 bits per heavy atom. The van der Waals surface area contributed by atoms with E-state index in [0.717, 1.165) is 5.46 Å². The molecule has 0 unspecified atom stereocenters. The molecule has 15 heavy (non-hydrogen) atoms. The number of aromatic nitrogens is 1. The molecule has 0 saturated heterocycles. The van der Waals surface area contributed by atoms with Gasteiger partial charge in [-0.1, -0.05) is 23.7 Å². The molecule has 4 heteroatoms. The van der Waals surface area contributed by atoms with Gasteiger partial charge in [-0.05, 0) is 18.2 Å². The van der Waals surface area contributed by atoms with Crippen molar-refractivity contribution in [3.63, 3.8) is 0 Å². The lowest BCUT2D eigenvalue weighted by Crippen LogP contribution is -2.05. The fourth-order valence-electron chi connectivity index (χ4n) is 1.20. The molecule has 74 valence electrons. The second-order valence-corrected chi connectivity index (χ2v) is 3.21. The zero-order chi connectivity index (χ0) is 10.7. The summed E-state index contributed by atoms with van der Waals surface area (Å²) >= 11 is 0. The highest BCUT2D eigenvalue weighted by atomic mass is 19.1. The Labute approximate surface area is 88.1 Å². The van der Waals surface area contributed by atoms with Crippen LogP contribution >= 0.6 is 0 Å². The van der Waals surface area contributed by atoms with E-state index in [4.69, 9.17) is 4.74 Å². The lowest BCUT2D eigenvalue weighted by Gasteiger charge is -2.05. The molecule has 0 aliphatic rings. The van der Waals surface area contributed by atoms with Crippen LogP contribution in [0.2, 0.25) is 0 Å². The second-order valence-electron chi connectivity index (χ2n) is 3.21. The van der Waals surface area contributed by atoms with Crippen molar-refractivity contribution in [1.82, 2.24) is 4.98 Å². The zero-order valence-corrected chi connectivity index (χ0v) is 8.27. The summed E-state index contributed by atoms with van der Waals surface area (Å²) in [5.74, 6) is 0.137. The Morgan fingerprint density at radius 2 is 1.93 bits per heavy atom. The second kappa shape index (κ2) is 4.13. The SMILES string of the molecule is Bc1cnc(Oc2ccccc2)c(F)c1. The summed E-state index contributed by atoms with van der Waals surface area (Å²) in [6.45, 7) is 0. The van der Waals surface area contributed by atoms with E-state index in [1.165, 1.54) is 6.07 Å². The van der Waals surface area contributed by atoms with Gasteiger partial charge in [0, 0.05) is 6.20 Å². The highest BCUT2D eigenvalue weighted by Gasteiger charge is 2.05. The molecule has 2 rings (SSSR count). The molecule has 2 nitrogen and oxygen atoms in total. The highest BCUT2D eigenvalue weighted by molar-refractivity contribution is 6.32. The van der Waals surface area contributed by atoms with E-state index < -0.39 is 5.82 Å². The minimum absolute atomic E-state index is 0.00630. The zero-order valence-electron chi connectivity index (χ0n) is 8.27. The molecule has 0 spiro atoms. The number of nitrogens with zero attached hydrogens (tertiary/aromatic N) is 1. The lowest BCUT2D eigenvalue weighted by molar-refractivity contribution is 0.423. The van der Waals surface area contributed by atoms with Crippen molar-refractivity contribution in [1.29, 1.82) is 0 Å². The van der Waals surface area contributed by atoms with Gasteiger partial charge >= 0.3 is 0 Å².